The summed E-state index contributed by atoms with van der Waals surface area (Å²) in [6.07, 6.45) is 22.9. The van der Waals surface area contributed by atoms with E-state index >= 15 is 0 Å². The van der Waals surface area contributed by atoms with Crippen LogP contribution in [0.3, 0.4) is 0 Å². The second kappa shape index (κ2) is 13.9. The molecule has 156 valence electrons. The van der Waals surface area contributed by atoms with E-state index in [9.17, 15) is 9.90 Å². The minimum atomic E-state index is -0.715. The Balaban J connectivity index is 2.00. The molecule has 2 unspecified atom stereocenters. The van der Waals surface area contributed by atoms with Gasteiger partial charge in [0.1, 0.15) is 6.20 Å². The van der Waals surface area contributed by atoms with Gasteiger partial charge >= 0.3 is 5.97 Å². The second-order valence-electron chi connectivity index (χ2n) is 8.36. The molecule has 0 saturated heterocycles. The van der Waals surface area contributed by atoms with Crippen molar-refractivity contribution in [3.8, 4) is 0 Å². The number of amidine groups is 1. The molecule has 0 aromatic rings. The van der Waals surface area contributed by atoms with E-state index in [1.165, 1.54) is 77.0 Å². The topological polar surface area (TPSA) is 49.7 Å². The maximum absolute atomic E-state index is 11.7. The standard InChI is InChI=1S/C23H42N2O2/c1-4-5-6-7-8-9-10-11-12-13-14-15-16-17-18-22(23(26)27)25(3)20-19-24-21(25)2/h19-20,22H,4-18H2,1-3H3/p+1. The molecule has 1 aliphatic heterocycles. The minimum absolute atomic E-state index is 0.327. The van der Waals surface area contributed by atoms with Crippen molar-refractivity contribution in [1.82, 2.24) is 0 Å². The molecule has 1 aliphatic rings. The molecule has 0 aliphatic carbocycles. The zero-order chi connectivity index (χ0) is 20.0. The number of nitrogens with zero attached hydrogens (tertiary/aromatic N) is 2. The molecule has 0 fully saturated rings. The fourth-order valence-electron chi connectivity index (χ4n) is 3.99. The van der Waals surface area contributed by atoms with Crippen LogP contribution in [0.1, 0.15) is 110 Å². The maximum Gasteiger partial charge on any atom is 0.363 e. The summed E-state index contributed by atoms with van der Waals surface area (Å²) in [6.45, 7) is 4.19. The summed E-state index contributed by atoms with van der Waals surface area (Å²) in [7, 11) is 1.95. The maximum atomic E-state index is 11.7. The summed E-state index contributed by atoms with van der Waals surface area (Å²) in [5.41, 5.74) is 0. The Labute approximate surface area is 167 Å². The largest absolute Gasteiger partial charge is 0.477 e. The molecule has 0 aromatic heterocycles. The lowest BCUT2D eigenvalue weighted by molar-refractivity contribution is -0.784. The van der Waals surface area contributed by atoms with E-state index in [1.807, 2.05) is 20.2 Å². The third-order valence-corrected chi connectivity index (χ3v) is 6.10. The SMILES string of the molecule is CCCCCCCCCCCCCCCCC(C(=O)O)[N+]1(C)C=CN=C1C. The third-order valence-electron chi connectivity index (χ3n) is 6.10. The lowest BCUT2D eigenvalue weighted by Gasteiger charge is -2.32. The third kappa shape index (κ3) is 9.05. The van der Waals surface area contributed by atoms with Crippen LogP contribution in [0.25, 0.3) is 0 Å². The fourth-order valence-corrected chi connectivity index (χ4v) is 3.99. The molecular formula is C23H43N2O2+. The number of likely N-dealkylation sites (N-methyl/N-ethyl adjacent to an activating group) is 1. The number of carboxylic acid groups (broad SMARTS) is 1. The molecule has 0 aromatic carbocycles. The number of carboxylic acids is 1. The summed E-state index contributed by atoms with van der Waals surface area (Å²) in [5.74, 6) is 0.154. The first-order chi connectivity index (χ1) is 13.0. The Kier molecular flexibility index (Phi) is 12.3. The van der Waals surface area contributed by atoms with Crippen LogP contribution < -0.4 is 0 Å². The van der Waals surface area contributed by atoms with E-state index in [0.717, 1.165) is 25.1 Å². The average molecular weight is 380 g/mol. The Hall–Kier alpha value is -1.16. The van der Waals surface area contributed by atoms with Gasteiger partial charge < -0.3 is 5.11 Å². The van der Waals surface area contributed by atoms with Gasteiger partial charge in [-0.3, -0.25) is 0 Å². The van der Waals surface area contributed by atoms with Crippen LogP contribution in [0.5, 0.6) is 0 Å². The number of carbonyl (C=O) groups is 1. The normalized spacial score (nSPS) is 20.0. The highest BCUT2D eigenvalue weighted by molar-refractivity contribution is 5.80. The first-order valence-electron chi connectivity index (χ1n) is 11.3. The van der Waals surface area contributed by atoms with E-state index in [1.54, 1.807) is 6.20 Å². The van der Waals surface area contributed by atoms with Gasteiger partial charge in [0.2, 0.25) is 5.84 Å². The van der Waals surface area contributed by atoms with Crippen LogP contribution in [0, 0.1) is 0 Å². The first-order valence-corrected chi connectivity index (χ1v) is 11.3. The van der Waals surface area contributed by atoms with Gasteiger partial charge in [-0.05, 0) is 6.42 Å². The number of quaternary nitrogens is 1. The summed E-state index contributed by atoms with van der Waals surface area (Å²) in [6, 6.07) is -0.412. The quantitative estimate of drug-likeness (QED) is 0.227. The Morgan fingerprint density at radius 2 is 1.37 bits per heavy atom. The van der Waals surface area contributed by atoms with Crippen molar-refractivity contribution >= 4 is 11.8 Å². The number of hydrogen-bond donors (Lipinski definition) is 1. The van der Waals surface area contributed by atoms with E-state index in [2.05, 4.69) is 11.9 Å². The van der Waals surface area contributed by atoms with Gasteiger partial charge in [-0.15, -0.1) is 0 Å². The molecular weight excluding hydrogens is 336 g/mol. The summed E-state index contributed by atoms with van der Waals surface area (Å²) in [4.78, 5) is 16.0. The first kappa shape index (κ1) is 23.9. The Morgan fingerprint density at radius 3 is 1.74 bits per heavy atom. The molecule has 1 heterocycles. The highest BCUT2D eigenvalue weighted by Gasteiger charge is 2.41. The van der Waals surface area contributed by atoms with Gasteiger partial charge in [0.15, 0.2) is 6.04 Å². The predicted octanol–water partition coefficient (Wildman–Crippen LogP) is 6.66. The highest BCUT2D eigenvalue weighted by Crippen LogP contribution is 2.24. The van der Waals surface area contributed by atoms with Crippen LogP contribution in [-0.4, -0.2) is 34.5 Å². The molecule has 1 N–H and O–H groups in total. The van der Waals surface area contributed by atoms with Gasteiger partial charge in [-0.1, -0.05) is 90.4 Å². The van der Waals surface area contributed by atoms with Crippen molar-refractivity contribution in [2.24, 2.45) is 4.99 Å². The monoisotopic (exact) mass is 379 g/mol. The van der Waals surface area contributed by atoms with Crippen molar-refractivity contribution in [2.75, 3.05) is 7.05 Å². The van der Waals surface area contributed by atoms with E-state index < -0.39 is 12.0 Å². The van der Waals surface area contributed by atoms with E-state index in [-0.39, 0.29) is 0 Å². The highest BCUT2D eigenvalue weighted by atomic mass is 16.4. The van der Waals surface area contributed by atoms with Crippen molar-refractivity contribution < 1.29 is 14.4 Å². The zero-order valence-corrected chi connectivity index (χ0v) is 18.1. The van der Waals surface area contributed by atoms with E-state index in [4.69, 9.17) is 0 Å². The van der Waals surface area contributed by atoms with Crippen LogP contribution in [-0.2, 0) is 4.79 Å². The molecule has 0 radical (unpaired) electrons. The van der Waals surface area contributed by atoms with Crippen molar-refractivity contribution in [2.45, 2.75) is 116 Å². The Bertz CT molecular complexity index is 473. The molecule has 0 spiro atoms. The average Bonchev–Trinajstić information content (AvgIpc) is 2.97. The minimum Gasteiger partial charge on any atom is -0.477 e. The molecule has 1 rings (SSSR count). The number of unbranched alkanes of at least 4 members (excludes halogenated alkanes) is 13. The molecule has 4 heteroatoms. The van der Waals surface area contributed by atoms with Crippen LogP contribution in [0.4, 0.5) is 0 Å². The Morgan fingerprint density at radius 1 is 0.926 bits per heavy atom. The van der Waals surface area contributed by atoms with Gasteiger partial charge in [-0.2, -0.15) is 0 Å². The van der Waals surface area contributed by atoms with E-state index in [0.29, 0.717) is 4.48 Å². The van der Waals surface area contributed by atoms with Crippen molar-refractivity contribution in [1.29, 1.82) is 0 Å². The number of aliphatic carboxylic acids is 1. The molecule has 4 nitrogen and oxygen atoms in total. The van der Waals surface area contributed by atoms with Gasteiger partial charge in [0.25, 0.3) is 0 Å². The van der Waals surface area contributed by atoms with Crippen LogP contribution in [0.2, 0.25) is 0 Å². The van der Waals surface area contributed by atoms with Gasteiger partial charge in [0, 0.05) is 13.3 Å². The zero-order valence-electron chi connectivity index (χ0n) is 18.1. The van der Waals surface area contributed by atoms with Crippen LogP contribution in [0.15, 0.2) is 17.4 Å². The number of aliphatic imine (C=N–C) groups is 1. The van der Waals surface area contributed by atoms with Crippen LogP contribution >= 0.6 is 0 Å². The number of hydrogen-bond acceptors (Lipinski definition) is 2. The molecule has 0 saturated carbocycles. The fraction of sp³-hybridized carbons (Fsp3) is 0.826. The van der Waals surface area contributed by atoms with Gasteiger partial charge in [-0.25, -0.2) is 14.3 Å². The summed E-state index contributed by atoms with van der Waals surface area (Å²) >= 11 is 0. The molecule has 27 heavy (non-hydrogen) atoms. The van der Waals surface area contributed by atoms with Gasteiger partial charge in [0.05, 0.1) is 13.2 Å². The lowest BCUT2D eigenvalue weighted by Crippen LogP contribution is -2.53. The summed E-state index contributed by atoms with van der Waals surface area (Å²) in [5, 5.41) is 9.62. The van der Waals surface area contributed by atoms with Crippen molar-refractivity contribution in [3.05, 3.63) is 12.4 Å². The molecule has 0 bridgehead atoms. The predicted molar refractivity (Wildman–Crippen MR) is 115 cm³/mol. The van der Waals surface area contributed by atoms with Crippen molar-refractivity contribution in [3.63, 3.8) is 0 Å². The second-order valence-corrected chi connectivity index (χ2v) is 8.36. The number of rotatable bonds is 17. The summed E-state index contributed by atoms with van der Waals surface area (Å²) < 4.78 is 0.327. The lowest BCUT2D eigenvalue weighted by atomic mass is 10.0. The molecule has 2 atom stereocenters. The molecule has 0 amide bonds. The smallest absolute Gasteiger partial charge is 0.363 e.